The summed E-state index contributed by atoms with van der Waals surface area (Å²) in [5.41, 5.74) is 0.724. The van der Waals surface area contributed by atoms with E-state index in [0.29, 0.717) is 18.1 Å². The molecule has 0 radical (unpaired) electrons. The highest BCUT2D eigenvalue weighted by atomic mass is 16.5. The van der Waals surface area contributed by atoms with E-state index in [1.807, 2.05) is 11.8 Å². The van der Waals surface area contributed by atoms with Gasteiger partial charge in [-0.3, -0.25) is 9.69 Å². The molecule has 2 atom stereocenters. The molecular formula is C15H18N2O4. The zero-order valence-corrected chi connectivity index (χ0v) is 11.9. The Kier molecular flexibility index (Phi) is 3.79. The van der Waals surface area contributed by atoms with Gasteiger partial charge in [-0.1, -0.05) is 12.1 Å². The molecule has 1 N–H and O–H groups in total. The van der Waals surface area contributed by atoms with Gasteiger partial charge >= 0.3 is 5.97 Å². The Hall–Kier alpha value is -2.08. The third kappa shape index (κ3) is 2.85. The van der Waals surface area contributed by atoms with E-state index in [4.69, 9.17) is 8.94 Å². The Morgan fingerprint density at radius 3 is 3.10 bits per heavy atom. The lowest BCUT2D eigenvalue weighted by Gasteiger charge is -2.36. The largest absolute Gasteiger partial charge is 0.480 e. The third-order valence-corrected chi connectivity index (χ3v) is 3.98. The average molecular weight is 290 g/mol. The van der Waals surface area contributed by atoms with Crippen molar-refractivity contribution in [1.29, 1.82) is 0 Å². The van der Waals surface area contributed by atoms with Crippen LogP contribution in [-0.4, -0.2) is 33.7 Å². The number of carbonyl (C=O) groups is 1. The van der Waals surface area contributed by atoms with Crippen molar-refractivity contribution in [3.05, 3.63) is 30.2 Å². The molecule has 2 unspecified atom stereocenters. The first-order valence-electron chi connectivity index (χ1n) is 7.11. The van der Waals surface area contributed by atoms with Crippen LogP contribution in [0.5, 0.6) is 0 Å². The molecule has 0 saturated carbocycles. The fraction of sp³-hybridized carbons (Fsp3) is 0.467. The van der Waals surface area contributed by atoms with Crippen molar-refractivity contribution < 1.29 is 18.8 Å². The molecule has 6 heteroatoms. The van der Waals surface area contributed by atoms with Gasteiger partial charge in [0.15, 0.2) is 5.76 Å². The van der Waals surface area contributed by atoms with E-state index < -0.39 is 12.0 Å². The minimum absolute atomic E-state index is 0.146. The molecule has 0 aromatic carbocycles. The number of carboxylic acids is 1. The molecule has 2 aromatic rings. The fourth-order valence-corrected chi connectivity index (χ4v) is 2.98. The van der Waals surface area contributed by atoms with Crippen molar-refractivity contribution in [1.82, 2.24) is 10.1 Å². The van der Waals surface area contributed by atoms with E-state index in [2.05, 4.69) is 5.16 Å². The molecule has 3 heterocycles. The first kappa shape index (κ1) is 13.9. The lowest BCUT2D eigenvalue weighted by Crippen LogP contribution is -2.48. The summed E-state index contributed by atoms with van der Waals surface area (Å²) in [7, 11) is 0. The highest BCUT2D eigenvalue weighted by molar-refractivity contribution is 5.74. The monoisotopic (exact) mass is 290 g/mol. The number of piperidine rings is 1. The van der Waals surface area contributed by atoms with Gasteiger partial charge in [0, 0.05) is 12.6 Å². The Morgan fingerprint density at radius 1 is 1.52 bits per heavy atom. The molecule has 1 aliphatic rings. The normalized spacial score (nSPS) is 23.3. The number of likely N-dealkylation sites (tertiary alicyclic amines) is 1. The van der Waals surface area contributed by atoms with Crippen molar-refractivity contribution in [2.75, 3.05) is 6.54 Å². The average Bonchev–Trinajstić information content (AvgIpc) is 3.08. The van der Waals surface area contributed by atoms with Crippen molar-refractivity contribution in [2.45, 2.75) is 32.4 Å². The molecular weight excluding hydrogens is 272 g/mol. The van der Waals surface area contributed by atoms with Crippen LogP contribution in [0.25, 0.3) is 11.5 Å². The van der Waals surface area contributed by atoms with Crippen LogP contribution in [0, 0.1) is 5.92 Å². The minimum Gasteiger partial charge on any atom is -0.480 e. The second-order valence-corrected chi connectivity index (χ2v) is 5.53. The zero-order valence-electron chi connectivity index (χ0n) is 11.9. The Balaban J connectivity index is 1.75. The van der Waals surface area contributed by atoms with Gasteiger partial charge in [0.05, 0.1) is 12.0 Å². The molecule has 0 spiro atoms. The van der Waals surface area contributed by atoms with Crippen molar-refractivity contribution in [3.63, 3.8) is 0 Å². The molecule has 1 aliphatic heterocycles. The van der Waals surface area contributed by atoms with Gasteiger partial charge in [0.25, 0.3) is 0 Å². The van der Waals surface area contributed by atoms with Crippen LogP contribution in [0.15, 0.2) is 33.4 Å². The summed E-state index contributed by atoms with van der Waals surface area (Å²) < 4.78 is 10.5. The number of hydrogen-bond acceptors (Lipinski definition) is 5. The Labute approximate surface area is 122 Å². The summed E-state index contributed by atoms with van der Waals surface area (Å²) in [6.07, 6.45) is 3.53. The van der Waals surface area contributed by atoms with Crippen LogP contribution >= 0.6 is 0 Å². The second kappa shape index (κ2) is 5.73. The number of carboxylic acid groups (broad SMARTS) is 1. The first-order valence-corrected chi connectivity index (χ1v) is 7.11. The maximum absolute atomic E-state index is 11.5. The Morgan fingerprint density at radius 2 is 2.38 bits per heavy atom. The molecule has 0 aliphatic carbocycles. The lowest BCUT2D eigenvalue weighted by atomic mass is 9.90. The highest BCUT2D eigenvalue weighted by Gasteiger charge is 2.34. The van der Waals surface area contributed by atoms with Gasteiger partial charge in [-0.2, -0.15) is 0 Å². The van der Waals surface area contributed by atoms with E-state index in [-0.39, 0.29) is 5.92 Å². The molecule has 1 saturated heterocycles. The molecule has 1 fully saturated rings. The number of furan rings is 1. The molecule has 0 amide bonds. The van der Waals surface area contributed by atoms with Crippen molar-refractivity contribution >= 4 is 5.97 Å². The van der Waals surface area contributed by atoms with Gasteiger partial charge in [0.2, 0.25) is 5.76 Å². The summed E-state index contributed by atoms with van der Waals surface area (Å²) in [4.78, 5) is 13.4. The summed E-state index contributed by atoms with van der Waals surface area (Å²) in [6.45, 7) is 3.23. The van der Waals surface area contributed by atoms with Crippen LogP contribution < -0.4 is 0 Å². The summed E-state index contributed by atoms with van der Waals surface area (Å²) in [6, 6.07) is 4.93. The van der Waals surface area contributed by atoms with Crippen molar-refractivity contribution in [3.8, 4) is 11.5 Å². The van der Waals surface area contributed by atoms with E-state index in [1.165, 1.54) is 0 Å². The first-order chi connectivity index (χ1) is 10.1. The van der Waals surface area contributed by atoms with Gasteiger partial charge in [-0.15, -0.1) is 0 Å². The third-order valence-electron chi connectivity index (χ3n) is 3.98. The smallest absolute Gasteiger partial charge is 0.321 e. The van der Waals surface area contributed by atoms with Crippen LogP contribution in [-0.2, 0) is 11.3 Å². The SMILES string of the molecule is CC1CCCN(Cc2cc(-c3ccco3)on2)C1C(=O)O. The van der Waals surface area contributed by atoms with Gasteiger partial charge in [0.1, 0.15) is 6.04 Å². The van der Waals surface area contributed by atoms with Gasteiger partial charge in [-0.25, -0.2) is 0 Å². The quantitative estimate of drug-likeness (QED) is 0.932. The predicted molar refractivity (Wildman–Crippen MR) is 74.4 cm³/mol. The molecule has 112 valence electrons. The summed E-state index contributed by atoms with van der Waals surface area (Å²) in [5.74, 6) is 0.562. The second-order valence-electron chi connectivity index (χ2n) is 5.53. The van der Waals surface area contributed by atoms with Crippen LogP contribution in [0.2, 0.25) is 0 Å². The summed E-state index contributed by atoms with van der Waals surface area (Å²) in [5, 5.41) is 13.4. The maximum Gasteiger partial charge on any atom is 0.321 e. The predicted octanol–water partition coefficient (Wildman–Crippen LogP) is 2.62. The lowest BCUT2D eigenvalue weighted by molar-refractivity contribution is -0.147. The molecule has 0 bridgehead atoms. The van der Waals surface area contributed by atoms with E-state index in [1.54, 1.807) is 24.5 Å². The summed E-state index contributed by atoms with van der Waals surface area (Å²) >= 11 is 0. The maximum atomic E-state index is 11.5. The zero-order chi connectivity index (χ0) is 14.8. The topological polar surface area (TPSA) is 79.7 Å². The number of aliphatic carboxylic acids is 1. The Bertz CT molecular complexity index is 605. The van der Waals surface area contributed by atoms with E-state index >= 15 is 0 Å². The van der Waals surface area contributed by atoms with Gasteiger partial charge in [-0.05, 0) is 37.4 Å². The standard InChI is InChI=1S/C15H18N2O4/c1-10-4-2-6-17(14(10)15(18)19)9-11-8-13(21-16-11)12-5-3-7-20-12/h3,5,7-8,10,14H,2,4,6,9H2,1H3,(H,18,19). The van der Waals surface area contributed by atoms with Crippen LogP contribution in [0.1, 0.15) is 25.5 Å². The van der Waals surface area contributed by atoms with Crippen molar-refractivity contribution in [2.24, 2.45) is 5.92 Å². The highest BCUT2D eigenvalue weighted by Crippen LogP contribution is 2.26. The fourth-order valence-electron chi connectivity index (χ4n) is 2.98. The molecule has 6 nitrogen and oxygen atoms in total. The minimum atomic E-state index is -0.767. The number of hydrogen-bond donors (Lipinski definition) is 1. The van der Waals surface area contributed by atoms with E-state index in [0.717, 1.165) is 25.1 Å². The van der Waals surface area contributed by atoms with Gasteiger partial charge < -0.3 is 14.0 Å². The number of aromatic nitrogens is 1. The van der Waals surface area contributed by atoms with Crippen LogP contribution in [0.3, 0.4) is 0 Å². The number of nitrogens with zero attached hydrogens (tertiary/aromatic N) is 2. The van der Waals surface area contributed by atoms with E-state index in [9.17, 15) is 9.90 Å². The number of rotatable bonds is 4. The van der Waals surface area contributed by atoms with Crippen LogP contribution in [0.4, 0.5) is 0 Å². The molecule has 3 rings (SSSR count). The molecule has 21 heavy (non-hydrogen) atoms. The molecule has 2 aromatic heterocycles.